The number of pyridine rings is 1. The number of hydrogen-bond donors (Lipinski definition) is 2. The van der Waals surface area contributed by atoms with Gasteiger partial charge in [0.05, 0.1) is 0 Å². The van der Waals surface area contributed by atoms with Crippen LogP contribution in [0.1, 0.15) is 24.8 Å². The highest BCUT2D eigenvalue weighted by Gasteiger charge is 2.28. The molecule has 1 amide bonds. The molecular weight excluding hydrogens is 228 g/mol. The summed E-state index contributed by atoms with van der Waals surface area (Å²) in [4.78, 5) is 18.0. The van der Waals surface area contributed by atoms with Crippen molar-refractivity contribution in [3.8, 4) is 0 Å². The first-order valence-corrected chi connectivity index (χ1v) is 6.38. The Bertz CT molecular complexity index is 421. The molecule has 1 aromatic heterocycles. The molecule has 5 nitrogen and oxygen atoms in total. The monoisotopic (exact) mass is 248 g/mol. The van der Waals surface area contributed by atoms with Gasteiger partial charge in [0.15, 0.2) is 0 Å². The minimum atomic E-state index is -0.254. The third-order valence-electron chi connectivity index (χ3n) is 3.34. The van der Waals surface area contributed by atoms with Crippen LogP contribution in [0.5, 0.6) is 0 Å². The van der Waals surface area contributed by atoms with Gasteiger partial charge in [0.2, 0.25) is 5.91 Å². The predicted octanol–water partition coefficient (Wildman–Crippen LogP) is 0.645. The standard InChI is InChI=1S/C13H20N4O/c1-15-9-10-5-4-7-16-13(10)17-8-3-2-6-11(17)12(14)18/h4-5,7,11,15H,2-3,6,8-9H2,1H3,(H2,14,18). The average molecular weight is 248 g/mol. The van der Waals surface area contributed by atoms with Crippen LogP contribution in [-0.4, -0.2) is 30.5 Å². The fraction of sp³-hybridized carbons (Fsp3) is 0.538. The summed E-state index contributed by atoms with van der Waals surface area (Å²) < 4.78 is 0. The van der Waals surface area contributed by atoms with Gasteiger partial charge in [-0.05, 0) is 32.4 Å². The van der Waals surface area contributed by atoms with E-state index in [-0.39, 0.29) is 11.9 Å². The second-order valence-corrected chi connectivity index (χ2v) is 4.62. The predicted molar refractivity (Wildman–Crippen MR) is 71.2 cm³/mol. The van der Waals surface area contributed by atoms with Crippen molar-refractivity contribution in [2.24, 2.45) is 5.73 Å². The molecule has 0 aliphatic carbocycles. The SMILES string of the molecule is CNCc1cccnc1N1CCCCC1C(N)=O. The van der Waals surface area contributed by atoms with E-state index in [0.717, 1.165) is 43.7 Å². The van der Waals surface area contributed by atoms with Gasteiger partial charge in [0.25, 0.3) is 0 Å². The topological polar surface area (TPSA) is 71.2 Å². The maximum atomic E-state index is 11.5. The number of carbonyl (C=O) groups is 1. The molecule has 0 radical (unpaired) electrons. The van der Waals surface area contributed by atoms with Crippen molar-refractivity contribution in [1.29, 1.82) is 0 Å². The van der Waals surface area contributed by atoms with Crippen molar-refractivity contribution in [3.63, 3.8) is 0 Å². The Morgan fingerprint density at radius 2 is 2.44 bits per heavy atom. The quantitative estimate of drug-likeness (QED) is 0.820. The van der Waals surface area contributed by atoms with Crippen molar-refractivity contribution in [2.75, 3.05) is 18.5 Å². The minimum absolute atomic E-state index is 0.218. The Hall–Kier alpha value is -1.62. The summed E-state index contributed by atoms with van der Waals surface area (Å²) in [5.41, 5.74) is 6.60. The van der Waals surface area contributed by atoms with E-state index in [4.69, 9.17) is 5.73 Å². The Morgan fingerprint density at radius 3 is 3.17 bits per heavy atom. The molecule has 0 saturated carbocycles. The number of rotatable bonds is 4. The summed E-state index contributed by atoms with van der Waals surface area (Å²) in [6.45, 7) is 1.59. The van der Waals surface area contributed by atoms with E-state index in [1.165, 1.54) is 0 Å². The molecule has 5 heteroatoms. The van der Waals surface area contributed by atoms with Crippen molar-refractivity contribution < 1.29 is 4.79 Å². The van der Waals surface area contributed by atoms with Crippen molar-refractivity contribution in [2.45, 2.75) is 31.8 Å². The van der Waals surface area contributed by atoms with E-state index in [9.17, 15) is 4.79 Å². The summed E-state index contributed by atoms with van der Waals surface area (Å²) in [6, 6.07) is 3.73. The zero-order valence-corrected chi connectivity index (χ0v) is 10.7. The molecule has 0 spiro atoms. The van der Waals surface area contributed by atoms with Crippen LogP contribution in [0.25, 0.3) is 0 Å². The number of amides is 1. The molecule has 18 heavy (non-hydrogen) atoms. The third kappa shape index (κ3) is 2.61. The van der Waals surface area contributed by atoms with Crippen LogP contribution in [0.15, 0.2) is 18.3 Å². The summed E-state index contributed by atoms with van der Waals surface area (Å²) >= 11 is 0. The average Bonchev–Trinajstić information content (AvgIpc) is 2.40. The molecule has 98 valence electrons. The molecule has 2 heterocycles. The summed E-state index contributed by atoms with van der Waals surface area (Å²) in [5.74, 6) is 0.631. The van der Waals surface area contributed by atoms with Crippen LogP contribution in [-0.2, 0) is 11.3 Å². The Kier molecular flexibility index (Phi) is 4.15. The second kappa shape index (κ2) is 5.82. The molecule has 1 saturated heterocycles. The summed E-state index contributed by atoms with van der Waals surface area (Å²) in [7, 11) is 1.90. The lowest BCUT2D eigenvalue weighted by atomic mass is 10.0. The zero-order valence-electron chi connectivity index (χ0n) is 10.7. The van der Waals surface area contributed by atoms with E-state index in [1.807, 2.05) is 19.2 Å². The molecule has 1 unspecified atom stereocenters. The molecule has 1 fully saturated rings. The third-order valence-corrected chi connectivity index (χ3v) is 3.34. The van der Waals surface area contributed by atoms with Crippen molar-refractivity contribution in [1.82, 2.24) is 10.3 Å². The highest BCUT2D eigenvalue weighted by atomic mass is 16.1. The van der Waals surface area contributed by atoms with E-state index in [1.54, 1.807) is 6.20 Å². The van der Waals surface area contributed by atoms with Gasteiger partial charge in [-0.2, -0.15) is 0 Å². The van der Waals surface area contributed by atoms with Gasteiger partial charge in [-0.3, -0.25) is 4.79 Å². The molecule has 0 aromatic carbocycles. The summed E-state index contributed by atoms with van der Waals surface area (Å²) in [6.07, 6.45) is 4.73. The molecule has 1 atom stereocenters. The largest absolute Gasteiger partial charge is 0.368 e. The molecule has 2 rings (SSSR count). The van der Waals surface area contributed by atoms with Crippen LogP contribution in [0.4, 0.5) is 5.82 Å². The lowest BCUT2D eigenvalue weighted by Crippen LogP contribution is -2.48. The fourth-order valence-corrected chi connectivity index (χ4v) is 2.50. The number of nitrogens with two attached hydrogens (primary N) is 1. The molecule has 1 aromatic rings. The zero-order chi connectivity index (χ0) is 13.0. The van der Waals surface area contributed by atoms with Crippen LogP contribution in [0, 0.1) is 0 Å². The molecule has 1 aliphatic rings. The summed E-state index contributed by atoms with van der Waals surface area (Å²) in [5, 5.41) is 3.12. The van der Waals surface area contributed by atoms with E-state index >= 15 is 0 Å². The van der Waals surface area contributed by atoms with Gasteiger partial charge in [-0.15, -0.1) is 0 Å². The number of piperidine rings is 1. The van der Waals surface area contributed by atoms with Gasteiger partial charge in [-0.25, -0.2) is 4.98 Å². The van der Waals surface area contributed by atoms with Crippen LogP contribution in [0.3, 0.4) is 0 Å². The second-order valence-electron chi connectivity index (χ2n) is 4.62. The van der Waals surface area contributed by atoms with Gasteiger partial charge >= 0.3 is 0 Å². The molecule has 0 bridgehead atoms. The number of primary amides is 1. The highest BCUT2D eigenvalue weighted by Crippen LogP contribution is 2.25. The first-order valence-electron chi connectivity index (χ1n) is 6.38. The Balaban J connectivity index is 2.30. The molecule has 1 aliphatic heterocycles. The molecular formula is C13H20N4O. The van der Waals surface area contributed by atoms with Gasteiger partial charge in [0, 0.05) is 24.8 Å². The van der Waals surface area contributed by atoms with Crippen LogP contribution in [0.2, 0.25) is 0 Å². The number of anilines is 1. The van der Waals surface area contributed by atoms with E-state index < -0.39 is 0 Å². The lowest BCUT2D eigenvalue weighted by molar-refractivity contribution is -0.119. The first kappa shape index (κ1) is 12.8. The minimum Gasteiger partial charge on any atom is -0.368 e. The number of nitrogens with one attached hydrogen (secondary N) is 1. The number of nitrogens with zero attached hydrogens (tertiary/aromatic N) is 2. The van der Waals surface area contributed by atoms with Crippen molar-refractivity contribution in [3.05, 3.63) is 23.9 Å². The lowest BCUT2D eigenvalue weighted by Gasteiger charge is -2.35. The van der Waals surface area contributed by atoms with E-state index in [2.05, 4.69) is 15.2 Å². The van der Waals surface area contributed by atoms with Crippen LogP contribution < -0.4 is 16.0 Å². The Morgan fingerprint density at radius 1 is 1.61 bits per heavy atom. The highest BCUT2D eigenvalue weighted by molar-refractivity contribution is 5.83. The van der Waals surface area contributed by atoms with Gasteiger partial charge < -0.3 is 16.0 Å². The number of aromatic nitrogens is 1. The Labute approximate surface area is 107 Å². The molecule has 3 N–H and O–H groups in total. The van der Waals surface area contributed by atoms with Gasteiger partial charge in [0.1, 0.15) is 11.9 Å². The van der Waals surface area contributed by atoms with Crippen LogP contribution >= 0.6 is 0 Å². The number of hydrogen-bond acceptors (Lipinski definition) is 4. The fourth-order valence-electron chi connectivity index (χ4n) is 2.50. The van der Waals surface area contributed by atoms with Crippen molar-refractivity contribution >= 4 is 11.7 Å². The van der Waals surface area contributed by atoms with E-state index in [0.29, 0.717) is 0 Å². The number of carbonyl (C=O) groups excluding carboxylic acids is 1. The maximum absolute atomic E-state index is 11.5. The maximum Gasteiger partial charge on any atom is 0.240 e. The normalized spacial score (nSPS) is 19.8. The van der Waals surface area contributed by atoms with Gasteiger partial charge in [-0.1, -0.05) is 6.07 Å². The first-order chi connectivity index (χ1) is 8.74. The smallest absolute Gasteiger partial charge is 0.240 e.